The number of carbonyl (C=O) groups is 1. The molecule has 7 nitrogen and oxygen atoms in total. The highest BCUT2D eigenvalue weighted by Crippen LogP contribution is 2.26. The number of methoxy groups -OCH3 is 1. The van der Waals surface area contributed by atoms with Gasteiger partial charge in [0.05, 0.1) is 12.4 Å². The van der Waals surface area contributed by atoms with Gasteiger partial charge in [0.25, 0.3) is 0 Å². The van der Waals surface area contributed by atoms with Gasteiger partial charge in [0, 0.05) is 24.5 Å². The van der Waals surface area contributed by atoms with Crippen molar-refractivity contribution in [1.29, 1.82) is 0 Å². The molecule has 9 heteroatoms. The van der Waals surface area contributed by atoms with E-state index in [9.17, 15) is 4.79 Å². The number of thiazole rings is 1. The standard InChI is InChI=1S/C20H25N5O2S2/c1-13(2)12-25-17(11-15-5-7-16(27-4)8-6-15)23-24-20(25)29-14(3)18(26)22-19-21-9-10-28-19/h5-10,13-14H,11-12H2,1-4H3,(H,21,22,26)/t14-/m0/s1. The van der Waals surface area contributed by atoms with Gasteiger partial charge in [0.15, 0.2) is 10.3 Å². The molecule has 2 aromatic heterocycles. The van der Waals surface area contributed by atoms with E-state index in [0.717, 1.165) is 28.8 Å². The topological polar surface area (TPSA) is 81.9 Å². The van der Waals surface area contributed by atoms with Crippen molar-refractivity contribution in [2.45, 2.75) is 44.1 Å². The number of hydrogen-bond acceptors (Lipinski definition) is 7. The first-order chi connectivity index (χ1) is 14.0. The Balaban J connectivity index is 1.74. The first-order valence-corrected chi connectivity index (χ1v) is 11.1. The summed E-state index contributed by atoms with van der Waals surface area (Å²) < 4.78 is 7.34. The zero-order valence-electron chi connectivity index (χ0n) is 17.0. The molecule has 0 aliphatic carbocycles. The van der Waals surface area contributed by atoms with Crippen LogP contribution < -0.4 is 10.1 Å². The van der Waals surface area contributed by atoms with Crippen LogP contribution in [0.3, 0.4) is 0 Å². The lowest BCUT2D eigenvalue weighted by Gasteiger charge is -2.15. The van der Waals surface area contributed by atoms with E-state index in [2.05, 4.69) is 38.9 Å². The summed E-state index contributed by atoms with van der Waals surface area (Å²) in [5, 5.41) is 14.5. The van der Waals surface area contributed by atoms with Gasteiger partial charge in [-0.2, -0.15) is 0 Å². The number of thioether (sulfide) groups is 1. The van der Waals surface area contributed by atoms with Gasteiger partial charge in [-0.25, -0.2) is 4.98 Å². The Morgan fingerprint density at radius 2 is 2.00 bits per heavy atom. The average Bonchev–Trinajstić information content (AvgIpc) is 3.33. The molecular weight excluding hydrogens is 406 g/mol. The van der Waals surface area contributed by atoms with Crippen molar-refractivity contribution in [3.05, 3.63) is 47.2 Å². The Bertz CT molecular complexity index is 923. The van der Waals surface area contributed by atoms with Crippen molar-refractivity contribution >= 4 is 34.1 Å². The number of benzene rings is 1. The smallest absolute Gasteiger partial charge is 0.239 e. The highest BCUT2D eigenvalue weighted by molar-refractivity contribution is 8.00. The van der Waals surface area contributed by atoms with Crippen molar-refractivity contribution in [3.63, 3.8) is 0 Å². The molecule has 154 valence electrons. The minimum atomic E-state index is -0.317. The monoisotopic (exact) mass is 431 g/mol. The van der Waals surface area contributed by atoms with Crippen molar-refractivity contribution in [2.24, 2.45) is 5.92 Å². The normalized spacial score (nSPS) is 12.2. The first-order valence-electron chi connectivity index (χ1n) is 9.38. The van der Waals surface area contributed by atoms with Gasteiger partial charge >= 0.3 is 0 Å². The van der Waals surface area contributed by atoms with E-state index in [4.69, 9.17) is 4.74 Å². The molecule has 0 aliphatic rings. The summed E-state index contributed by atoms with van der Waals surface area (Å²) in [7, 11) is 1.66. The predicted molar refractivity (Wildman–Crippen MR) is 117 cm³/mol. The van der Waals surface area contributed by atoms with Crippen LogP contribution >= 0.6 is 23.1 Å². The molecule has 1 aromatic carbocycles. The van der Waals surface area contributed by atoms with Crippen LogP contribution in [0.1, 0.15) is 32.2 Å². The molecular formula is C20H25N5O2S2. The van der Waals surface area contributed by atoms with Gasteiger partial charge in [0.1, 0.15) is 11.6 Å². The summed E-state index contributed by atoms with van der Waals surface area (Å²) in [6.45, 7) is 6.97. The van der Waals surface area contributed by atoms with Crippen LogP contribution in [0, 0.1) is 5.92 Å². The SMILES string of the molecule is COc1ccc(Cc2nnc(S[C@@H](C)C(=O)Nc3nccs3)n2CC(C)C)cc1. The maximum atomic E-state index is 12.5. The Kier molecular flexibility index (Phi) is 7.27. The largest absolute Gasteiger partial charge is 0.497 e. The van der Waals surface area contributed by atoms with Crippen LogP contribution in [0.15, 0.2) is 41.0 Å². The molecule has 2 heterocycles. The van der Waals surface area contributed by atoms with Gasteiger partial charge in [-0.3, -0.25) is 4.79 Å². The minimum absolute atomic E-state index is 0.0965. The molecule has 0 saturated heterocycles. The number of aromatic nitrogens is 4. The molecule has 0 fully saturated rings. The molecule has 0 unspecified atom stereocenters. The quantitative estimate of drug-likeness (QED) is 0.514. The number of nitrogens with zero attached hydrogens (tertiary/aromatic N) is 4. The number of amides is 1. The molecule has 1 atom stereocenters. The van der Waals surface area contributed by atoms with Crippen LogP contribution in [0.2, 0.25) is 0 Å². The van der Waals surface area contributed by atoms with Gasteiger partial charge in [-0.1, -0.05) is 37.7 Å². The number of hydrogen-bond donors (Lipinski definition) is 1. The zero-order valence-corrected chi connectivity index (χ0v) is 18.6. The Morgan fingerprint density at radius 1 is 1.24 bits per heavy atom. The number of ether oxygens (including phenoxy) is 1. The van der Waals surface area contributed by atoms with Gasteiger partial charge in [0.2, 0.25) is 5.91 Å². The van der Waals surface area contributed by atoms with Crippen LogP contribution in [0.25, 0.3) is 0 Å². The van der Waals surface area contributed by atoms with E-state index in [1.54, 1.807) is 13.3 Å². The van der Waals surface area contributed by atoms with Gasteiger partial charge < -0.3 is 14.6 Å². The Hall–Kier alpha value is -2.39. The Labute approximate surface area is 178 Å². The van der Waals surface area contributed by atoms with Crippen molar-refractivity contribution < 1.29 is 9.53 Å². The summed E-state index contributed by atoms with van der Waals surface area (Å²) in [6.07, 6.45) is 2.34. The van der Waals surface area contributed by atoms with E-state index in [1.807, 2.05) is 36.6 Å². The maximum Gasteiger partial charge on any atom is 0.239 e. The first kappa shape index (κ1) is 21.3. The average molecular weight is 432 g/mol. The van der Waals surface area contributed by atoms with Crippen LogP contribution in [-0.4, -0.2) is 38.0 Å². The third-order valence-electron chi connectivity index (χ3n) is 4.18. The second-order valence-electron chi connectivity index (χ2n) is 7.01. The molecule has 3 rings (SSSR count). The van der Waals surface area contributed by atoms with E-state index >= 15 is 0 Å². The number of nitrogens with one attached hydrogen (secondary N) is 1. The van der Waals surface area contributed by atoms with Gasteiger partial charge in [-0.15, -0.1) is 21.5 Å². The molecule has 0 spiro atoms. The van der Waals surface area contributed by atoms with Crippen LogP contribution in [0.4, 0.5) is 5.13 Å². The molecule has 1 N–H and O–H groups in total. The predicted octanol–water partition coefficient (Wildman–Crippen LogP) is 4.11. The fourth-order valence-corrected chi connectivity index (χ4v) is 4.12. The lowest BCUT2D eigenvalue weighted by molar-refractivity contribution is -0.115. The van der Waals surface area contributed by atoms with Crippen molar-refractivity contribution in [3.8, 4) is 5.75 Å². The second-order valence-corrected chi connectivity index (χ2v) is 9.22. The van der Waals surface area contributed by atoms with E-state index < -0.39 is 0 Å². The van der Waals surface area contributed by atoms with Crippen molar-refractivity contribution in [2.75, 3.05) is 12.4 Å². The number of rotatable bonds is 9. The van der Waals surface area contributed by atoms with E-state index in [1.165, 1.54) is 23.1 Å². The molecule has 1 amide bonds. The molecule has 29 heavy (non-hydrogen) atoms. The molecule has 0 saturated carbocycles. The fraction of sp³-hybridized carbons (Fsp3) is 0.400. The number of anilines is 1. The zero-order chi connectivity index (χ0) is 20.8. The summed E-state index contributed by atoms with van der Waals surface area (Å²) in [4.78, 5) is 16.6. The summed E-state index contributed by atoms with van der Waals surface area (Å²) in [5.41, 5.74) is 1.13. The molecule has 0 radical (unpaired) electrons. The highest BCUT2D eigenvalue weighted by atomic mass is 32.2. The maximum absolute atomic E-state index is 12.5. The summed E-state index contributed by atoms with van der Waals surface area (Å²) in [5.74, 6) is 2.05. The lowest BCUT2D eigenvalue weighted by atomic mass is 10.1. The third-order valence-corrected chi connectivity index (χ3v) is 5.95. The second kappa shape index (κ2) is 9.89. The minimum Gasteiger partial charge on any atom is -0.497 e. The van der Waals surface area contributed by atoms with E-state index in [-0.39, 0.29) is 11.2 Å². The van der Waals surface area contributed by atoms with Gasteiger partial charge in [-0.05, 0) is 30.5 Å². The molecule has 3 aromatic rings. The van der Waals surface area contributed by atoms with Crippen molar-refractivity contribution in [1.82, 2.24) is 19.7 Å². The summed E-state index contributed by atoms with van der Waals surface area (Å²) in [6, 6.07) is 7.95. The fourth-order valence-electron chi connectivity index (χ4n) is 2.72. The van der Waals surface area contributed by atoms with Crippen LogP contribution in [0.5, 0.6) is 5.75 Å². The lowest BCUT2D eigenvalue weighted by Crippen LogP contribution is -2.23. The molecule has 0 bridgehead atoms. The number of carbonyl (C=O) groups excluding carboxylic acids is 1. The third kappa shape index (κ3) is 5.80. The summed E-state index contributed by atoms with van der Waals surface area (Å²) >= 11 is 2.81. The Morgan fingerprint density at radius 3 is 2.62 bits per heavy atom. The van der Waals surface area contributed by atoms with Crippen LogP contribution in [-0.2, 0) is 17.8 Å². The van der Waals surface area contributed by atoms with E-state index in [0.29, 0.717) is 17.5 Å². The molecule has 0 aliphatic heterocycles. The highest BCUT2D eigenvalue weighted by Gasteiger charge is 2.21.